The fraction of sp³-hybridized carbons (Fsp3) is 0.483. The van der Waals surface area contributed by atoms with Gasteiger partial charge in [0.1, 0.15) is 18.4 Å². The number of pyridine rings is 1. The van der Waals surface area contributed by atoms with Crippen molar-refractivity contribution in [3.8, 4) is 16.9 Å². The van der Waals surface area contributed by atoms with E-state index in [0.717, 1.165) is 24.0 Å². The third-order valence-corrected chi connectivity index (χ3v) is 7.82. The smallest absolute Gasteiger partial charge is 0.255 e. The van der Waals surface area contributed by atoms with Crippen LogP contribution in [0.2, 0.25) is 0 Å². The second-order valence-corrected chi connectivity index (χ2v) is 10.5. The minimum absolute atomic E-state index is 0.0195. The van der Waals surface area contributed by atoms with Crippen LogP contribution >= 0.6 is 0 Å². The van der Waals surface area contributed by atoms with Crippen molar-refractivity contribution in [3.63, 3.8) is 0 Å². The highest BCUT2D eigenvalue weighted by Crippen LogP contribution is 2.26. The van der Waals surface area contributed by atoms with Crippen molar-refractivity contribution in [2.75, 3.05) is 40.8 Å². The van der Waals surface area contributed by atoms with Crippen LogP contribution < -0.4 is 4.74 Å². The number of benzene rings is 1. The van der Waals surface area contributed by atoms with Crippen LogP contribution in [0.25, 0.3) is 11.1 Å². The number of ether oxygens (including phenoxy) is 1. The molecule has 39 heavy (non-hydrogen) atoms. The molecule has 1 aromatic heterocycles. The van der Waals surface area contributed by atoms with Crippen LogP contribution in [0.5, 0.6) is 5.75 Å². The molecule has 4 bridgehead atoms. The fourth-order valence-electron chi connectivity index (χ4n) is 5.02. The standard InChI is InChI=1S/C29H37N5O5/c1-19-12-26(35)34-11-7-9-24(34)18-39-25-10-6-8-21(14-25)22-13-23(16-30-15-22)29(38)33(5)20(2)28(37)31(3)17-27(36)32(19)4/h6,8,10,13-16,19-20,24H,7,9,11-12,17-18H2,1-5H3/t19-,20+,24+/m1/s1. The van der Waals surface area contributed by atoms with E-state index < -0.39 is 6.04 Å². The first kappa shape index (κ1) is 28.1. The first-order chi connectivity index (χ1) is 18.6. The molecule has 208 valence electrons. The molecule has 4 rings (SSSR count). The number of fused-ring (bicyclic) bond motifs is 6. The zero-order valence-electron chi connectivity index (χ0n) is 23.3. The summed E-state index contributed by atoms with van der Waals surface area (Å²) in [6, 6.07) is 8.09. The summed E-state index contributed by atoms with van der Waals surface area (Å²) in [5.74, 6) is -0.359. The van der Waals surface area contributed by atoms with Crippen molar-refractivity contribution in [1.29, 1.82) is 0 Å². The molecule has 2 aromatic rings. The Bertz CT molecular complexity index is 1250. The lowest BCUT2D eigenvalue weighted by Crippen LogP contribution is -2.50. The van der Waals surface area contributed by atoms with E-state index in [2.05, 4.69) is 4.98 Å². The molecule has 0 N–H and O–H groups in total. The van der Waals surface area contributed by atoms with Crippen molar-refractivity contribution < 1.29 is 23.9 Å². The monoisotopic (exact) mass is 535 g/mol. The van der Waals surface area contributed by atoms with Gasteiger partial charge in [-0.3, -0.25) is 24.2 Å². The third kappa shape index (κ3) is 6.21. The van der Waals surface area contributed by atoms with E-state index in [1.165, 1.54) is 27.9 Å². The molecule has 2 aliphatic rings. The molecule has 10 heteroatoms. The lowest BCUT2D eigenvalue weighted by atomic mass is 10.0. The number of aromatic nitrogens is 1. The largest absolute Gasteiger partial charge is 0.491 e. The van der Waals surface area contributed by atoms with Crippen molar-refractivity contribution >= 4 is 23.6 Å². The molecule has 1 aromatic carbocycles. The van der Waals surface area contributed by atoms with Crippen LogP contribution in [0.3, 0.4) is 0 Å². The maximum Gasteiger partial charge on any atom is 0.255 e. The van der Waals surface area contributed by atoms with E-state index in [-0.39, 0.29) is 48.7 Å². The minimum atomic E-state index is -0.804. The molecule has 3 atom stereocenters. The maximum atomic E-state index is 13.3. The number of amides is 4. The number of nitrogens with zero attached hydrogens (tertiary/aromatic N) is 5. The Balaban J connectivity index is 1.66. The van der Waals surface area contributed by atoms with Crippen molar-refractivity contribution in [2.24, 2.45) is 0 Å². The Morgan fingerprint density at radius 3 is 2.41 bits per heavy atom. The molecule has 0 spiro atoms. The third-order valence-electron chi connectivity index (χ3n) is 7.82. The number of carbonyl (C=O) groups excluding carboxylic acids is 4. The minimum Gasteiger partial charge on any atom is -0.491 e. The number of hydrogen-bond acceptors (Lipinski definition) is 6. The van der Waals surface area contributed by atoms with Crippen LogP contribution in [-0.2, 0) is 14.4 Å². The second-order valence-electron chi connectivity index (χ2n) is 10.5. The van der Waals surface area contributed by atoms with Gasteiger partial charge in [0.15, 0.2) is 0 Å². The summed E-state index contributed by atoms with van der Waals surface area (Å²) in [7, 11) is 4.74. The van der Waals surface area contributed by atoms with Gasteiger partial charge in [-0.25, -0.2) is 0 Å². The van der Waals surface area contributed by atoms with E-state index in [9.17, 15) is 19.2 Å². The lowest BCUT2D eigenvalue weighted by molar-refractivity contribution is -0.142. The molecule has 0 aliphatic carbocycles. The van der Waals surface area contributed by atoms with Gasteiger partial charge in [0.25, 0.3) is 5.91 Å². The van der Waals surface area contributed by atoms with Gasteiger partial charge in [-0.05, 0) is 50.5 Å². The van der Waals surface area contributed by atoms with E-state index in [1.54, 1.807) is 33.3 Å². The average molecular weight is 536 g/mol. The number of hydrogen-bond donors (Lipinski definition) is 0. The van der Waals surface area contributed by atoms with Gasteiger partial charge in [0.2, 0.25) is 17.7 Å². The van der Waals surface area contributed by atoms with Crippen molar-refractivity contribution in [1.82, 2.24) is 24.6 Å². The van der Waals surface area contributed by atoms with Gasteiger partial charge < -0.3 is 24.3 Å². The van der Waals surface area contributed by atoms with Crippen LogP contribution in [0, 0.1) is 0 Å². The summed E-state index contributed by atoms with van der Waals surface area (Å²) in [5, 5.41) is 0. The van der Waals surface area contributed by atoms with E-state index in [0.29, 0.717) is 24.5 Å². The molecule has 0 unspecified atom stereocenters. The van der Waals surface area contributed by atoms with Gasteiger partial charge >= 0.3 is 0 Å². The molecule has 4 amide bonds. The van der Waals surface area contributed by atoms with Crippen LogP contribution in [0.15, 0.2) is 42.7 Å². The highest BCUT2D eigenvalue weighted by molar-refractivity contribution is 5.98. The first-order valence-corrected chi connectivity index (χ1v) is 13.3. The highest BCUT2D eigenvalue weighted by atomic mass is 16.5. The zero-order chi connectivity index (χ0) is 28.3. The Labute approximate surface area is 229 Å². The van der Waals surface area contributed by atoms with Crippen LogP contribution in [0.4, 0.5) is 0 Å². The quantitative estimate of drug-likeness (QED) is 0.513. The summed E-state index contributed by atoms with van der Waals surface area (Å²) < 4.78 is 6.12. The van der Waals surface area contributed by atoms with Gasteiger partial charge in [-0.2, -0.15) is 0 Å². The summed E-state index contributed by atoms with van der Waals surface area (Å²) >= 11 is 0. The van der Waals surface area contributed by atoms with Crippen LogP contribution in [-0.4, -0.2) is 107 Å². The molecular weight excluding hydrogens is 498 g/mol. The molecule has 10 nitrogen and oxygen atoms in total. The molecule has 3 heterocycles. The van der Waals surface area contributed by atoms with Crippen molar-refractivity contribution in [3.05, 3.63) is 48.3 Å². The fourth-order valence-corrected chi connectivity index (χ4v) is 5.02. The van der Waals surface area contributed by atoms with Gasteiger partial charge in [-0.15, -0.1) is 0 Å². The van der Waals surface area contributed by atoms with Crippen LogP contribution in [0.1, 0.15) is 43.5 Å². The summed E-state index contributed by atoms with van der Waals surface area (Å²) in [6.45, 7) is 4.33. The molecule has 1 fully saturated rings. The predicted octanol–water partition coefficient (Wildman–Crippen LogP) is 2.29. The number of carbonyl (C=O) groups is 4. The SMILES string of the molecule is C[C@@H]1CC(=O)N2CCC[C@H]2COc2cccc(c2)-c2cncc(c2)C(=O)N(C)[C@@H](C)C(=O)N(C)CC(=O)N1C. The van der Waals surface area contributed by atoms with Gasteiger partial charge in [-0.1, -0.05) is 12.1 Å². The summed E-state index contributed by atoms with van der Waals surface area (Å²) in [4.78, 5) is 62.9. The Hall–Kier alpha value is -3.95. The molecule has 2 aliphatic heterocycles. The zero-order valence-corrected chi connectivity index (χ0v) is 23.3. The maximum absolute atomic E-state index is 13.3. The predicted molar refractivity (Wildman–Crippen MR) is 146 cm³/mol. The number of rotatable bonds is 0. The summed E-state index contributed by atoms with van der Waals surface area (Å²) in [6.07, 6.45) is 5.08. The van der Waals surface area contributed by atoms with Gasteiger partial charge in [0, 0.05) is 58.1 Å². The average Bonchev–Trinajstić information content (AvgIpc) is 3.42. The molecule has 0 radical (unpaired) electrons. The molecular formula is C29H37N5O5. The number of likely N-dealkylation sites (N-methyl/N-ethyl adjacent to an activating group) is 3. The molecule has 0 saturated carbocycles. The molecule has 1 saturated heterocycles. The van der Waals surface area contributed by atoms with Crippen molar-refractivity contribution in [2.45, 2.75) is 51.2 Å². The normalized spacial score (nSPS) is 23.9. The Kier molecular flexibility index (Phi) is 8.52. The second kappa shape index (κ2) is 11.8. The summed E-state index contributed by atoms with van der Waals surface area (Å²) in [5.41, 5.74) is 1.92. The van der Waals surface area contributed by atoms with E-state index >= 15 is 0 Å². The van der Waals surface area contributed by atoms with E-state index in [1.807, 2.05) is 36.1 Å². The van der Waals surface area contributed by atoms with Gasteiger partial charge in [0.05, 0.1) is 18.2 Å². The highest BCUT2D eigenvalue weighted by Gasteiger charge is 2.32. The lowest BCUT2D eigenvalue weighted by Gasteiger charge is -2.31. The Morgan fingerprint density at radius 1 is 0.897 bits per heavy atom. The van der Waals surface area contributed by atoms with E-state index in [4.69, 9.17) is 4.74 Å². The Morgan fingerprint density at radius 2 is 1.64 bits per heavy atom. The first-order valence-electron chi connectivity index (χ1n) is 13.3. The topological polar surface area (TPSA) is 103 Å².